The molecule has 0 aliphatic rings. The Kier molecular flexibility index (Phi) is 7.64. The van der Waals surface area contributed by atoms with Crippen molar-refractivity contribution in [2.75, 3.05) is 5.75 Å². The zero-order chi connectivity index (χ0) is 22.3. The van der Waals surface area contributed by atoms with E-state index in [-0.39, 0.29) is 17.4 Å². The third-order valence-electron chi connectivity index (χ3n) is 4.35. The Balaban J connectivity index is 1.28. The molecule has 3 aromatic carbocycles. The molecule has 1 amide bonds. The molecule has 1 aromatic heterocycles. The minimum atomic E-state index is -0.272. The lowest BCUT2D eigenvalue weighted by atomic mass is 10.0. The molecule has 0 aliphatic heterocycles. The maximum absolute atomic E-state index is 12.1. The second-order valence-electron chi connectivity index (χ2n) is 6.52. The minimum absolute atomic E-state index is 0.103. The fraction of sp³-hybridized carbons (Fsp3) is 0.0909. The lowest BCUT2D eigenvalue weighted by molar-refractivity contribution is -0.118. The number of thioether (sulfide) groups is 2. The number of phenolic OH excluding ortho intramolecular Hbond substituents is 1. The highest BCUT2D eigenvalue weighted by atomic mass is 35.5. The molecule has 162 valence electrons. The monoisotopic (exact) mass is 500 g/mol. The molecule has 0 unspecified atom stereocenters. The maximum Gasteiger partial charge on any atom is 0.250 e. The molecule has 0 fully saturated rings. The van der Waals surface area contributed by atoms with Crippen molar-refractivity contribution in [1.82, 2.24) is 15.6 Å². The number of nitrogens with zero attached hydrogens (tertiary/aromatic N) is 3. The average Bonchev–Trinajstić information content (AvgIpc) is 3.26. The van der Waals surface area contributed by atoms with Crippen LogP contribution in [-0.2, 0) is 10.5 Å². The van der Waals surface area contributed by atoms with Crippen molar-refractivity contribution in [2.24, 2.45) is 5.10 Å². The van der Waals surface area contributed by atoms with Gasteiger partial charge in [-0.25, -0.2) is 5.43 Å². The number of carbonyl (C=O) groups excluding carboxylic acids is 1. The molecule has 0 radical (unpaired) electrons. The number of halogens is 1. The summed E-state index contributed by atoms with van der Waals surface area (Å²) in [5.41, 5.74) is 4.08. The van der Waals surface area contributed by atoms with Gasteiger partial charge in [0, 0.05) is 16.3 Å². The van der Waals surface area contributed by atoms with Crippen LogP contribution < -0.4 is 5.43 Å². The summed E-state index contributed by atoms with van der Waals surface area (Å²) in [4.78, 5) is 12.1. The van der Waals surface area contributed by atoms with Gasteiger partial charge in [0.05, 0.1) is 12.0 Å². The van der Waals surface area contributed by atoms with E-state index in [4.69, 9.17) is 11.6 Å². The van der Waals surface area contributed by atoms with E-state index in [0.717, 1.165) is 25.7 Å². The van der Waals surface area contributed by atoms with E-state index >= 15 is 0 Å². The van der Waals surface area contributed by atoms with Crippen LogP contribution in [0.1, 0.15) is 11.1 Å². The van der Waals surface area contributed by atoms with E-state index in [1.54, 1.807) is 17.8 Å². The van der Waals surface area contributed by atoms with Crippen molar-refractivity contribution in [3.63, 3.8) is 0 Å². The molecule has 0 atom stereocenters. The van der Waals surface area contributed by atoms with E-state index in [2.05, 4.69) is 20.7 Å². The standard InChI is InChI=1S/C22H17ClN4O2S3/c23-18-8-4-2-6-15(18)12-30-21-26-27-22(32-21)31-13-20(29)25-24-11-17-16-7-3-1-5-14(16)9-10-19(17)28/h1-11,28H,12-13H2,(H,25,29)/b24-11+. The van der Waals surface area contributed by atoms with Crippen LogP contribution >= 0.6 is 46.5 Å². The number of carbonyl (C=O) groups is 1. The van der Waals surface area contributed by atoms with Crippen LogP contribution in [0.2, 0.25) is 5.02 Å². The Hall–Kier alpha value is -2.59. The molecule has 32 heavy (non-hydrogen) atoms. The molecule has 10 heteroatoms. The lowest BCUT2D eigenvalue weighted by Crippen LogP contribution is -2.19. The molecular formula is C22H17ClN4O2S3. The van der Waals surface area contributed by atoms with Gasteiger partial charge in [0.1, 0.15) is 5.75 Å². The fourth-order valence-corrected chi connectivity index (χ4v) is 5.92. The van der Waals surface area contributed by atoms with E-state index in [1.165, 1.54) is 29.3 Å². The van der Waals surface area contributed by atoms with Gasteiger partial charge in [-0.3, -0.25) is 4.79 Å². The van der Waals surface area contributed by atoms with Gasteiger partial charge in [-0.2, -0.15) is 5.10 Å². The lowest BCUT2D eigenvalue weighted by Gasteiger charge is -2.04. The third-order valence-corrected chi connectivity index (χ3v) is 7.96. The van der Waals surface area contributed by atoms with Crippen LogP contribution in [0.15, 0.2) is 74.4 Å². The van der Waals surface area contributed by atoms with Crippen LogP contribution in [0.4, 0.5) is 0 Å². The topological polar surface area (TPSA) is 87.5 Å². The number of hydrazone groups is 1. The summed E-state index contributed by atoms with van der Waals surface area (Å²) in [5, 5.41) is 25.0. The number of benzene rings is 3. The second kappa shape index (κ2) is 10.8. The number of phenols is 1. The van der Waals surface area contributed by atoms with Gasteiger partial charge < -0.3 is 5.11 Å². The predicted octanol–water partition coefficient (Wildman–Crippen LogP) is 5.59. The summed E-state index contributed by atoms with van der Waals surface area (Å²) < 4.78 is 1.52. The normalized spacial score (nSPS) is 11.3. The van der Waals surface area contributed by atoms with Crippen LogP contribution in [0.25, 0.3) is 10.8 Å². The van der Waals surface area contributed by atoms with Gasteiger partial charge in [0.25, 0.3) is 5.91 Å². The number of aromatic hydroxyl groups is 1. The van der Waals surface area contributed by atoms with Crippen LogP contribution in [0.5, 0.6) is 5.75 Å². The van der Waals surface area contributed by atoms with Gasteiger partial charge in [-0.15, -0.1) is 10.2 Å². The first-order valence-electron chi connectivity index (χ1n) is 9.45. The van der Waals surface area contributed by atoms with Crippen molar-refractivity contribution in [3.05, 3.63) is 76.8 Å². The maximum atomic E-state index is 12.1. The summed E-state index contributed by atoms with van der Waals surface area (Å²) in [7, 11) is 0. The highest BCUT2D eigenvalue weighted by molar-refractivity contribution is 8.03. The highest BCUT2D eigenvalue weighted by Gasteiger charge is 2.10. The van der Waals surface area contributed by atoms with Crippen molar-refractivity contribution in [1.29, 1.82) is 0 Å². The van der Waals surface area contributed by atoms with Crippen molar-refractivity contribution in [3.8, 4) is 5.75 Å². The zero-order valence-corrected chi connectivity index (χ0v) is 19.8. The van der Waals surface area contributed by atoms with Crippen LogP contribution in [0, 0.1) is 0 Å². The summed E-state index contributed by atoms with van der Waals surface area (Å²) in [6.45, 7) is 0. The van der Waals surface area contributed by atoms with Gasteiger partial charge in [0.2, 0.25) is 0 Å². The van der Waals surface area contributed by atoms with Gasteiger partial charge in [-0.1, -0.05) is 95.0 Å². The third kappa shape index (κ3) is 5.80. The van der Waals surface area contributed by atoms with Gasteiger partial charge in [0.15, 0.2) is 8.68 Å². The summed E-state index contributed by atoms with van der Waals surface area (Å²) in [6, 6.07) is 18.8. The molecule has 1 heterocycles. The van der Waals surface area contributed by atoms with Gasteiger partial charge in [-0.05, 0) is 28.5 Å². The number of rotatable bonds is 8. The SMILES string of the molecule is O=C(CSc1nnc(SCc2ccccc2Cl)s1)N/N=C/c1c(O)ccc2ccccc12. The first-order valence-corrected chi connectivity index (χ1v) is 12.6. The average molecular weight is 501 g/mol. The molecule has 0 saturated carbocycles. The number of fused-ring (bicyclic) bond motifs is 1. The Morgan fingerprint density at radius 3 is 2.66 bits per heavy atom. The molecule has 0 spiro atoms. The van der Waals surface area contributed by atoms with E-state index < -0.39 is 0 Å². The predicted molar refractivity (Wildman–Crippen MR) is 133 cm³/mol. The van der Waals surface area contributed by atoms with Crippen molar-refractivity contribution < 1.29 is 9.90 Å². The molecule has 4 aromatic rings. The smallest absolute Gasteiger partial charge is 0.250 e. The highest BCUT2D eigenvalue weighted by Crippen LogP contribution is 2.32. The van der Waals surface area contributed by atoms with E-state index in [0.29, 0.717) is 15.7 Å². The van der Waals surface area contributed by atoms with Crippen LogP contribution in [-0.4, -0.2) is 33.2 Å². The Bertz CT molecular complexity index is 1280. The largest absolute Gasteiger partial charge is 0.507 e. The Morgan fingerprint density at radius 2 is 1.81 bits per heavy atom. The fourth-order valence-electron chi connectivity index (χ4n) is 2.82. The quantitative estimate of drug-likeness (QED) is 0.186. The molecule has 0 saturated heterocycles. The molecule has 0 aliphatic carbocycles. The number of nitrogens with one attached hydrogen (secondary N) is 1. The first kappa shape index (κ1) is 22.6. The summed E-state index contributed by atoms with van der Waals surface area (Å²) >= 11 is 10.5. The van der Waals surface area contributed by atoms with E-state index in [1.807, 2.05) is 54.6 Å². The van der Waals surface area contributed by atoms with E-state index in [9.17, 15) is 9.90 Å². The Labute approximate surface area is 202 Å². The number of amides is 1. The first-order chi connectivity index (χ1) is 15.6. The summed E-state index contributed by atoms with van der Waals surface area (Å²) in [5.74, 6) is 0.691. The second-order valence-corrected chi connectivity index (χ2v) is 10.3. The number of hydrogen-bond donors (Lipinski definition) is 2. The molecule has 4 rings (SSSR count). The van der Waals surface area contributed by atoms with Crippen molar-refractivity contribution in [2.45, 2.75) is 14.4 Å². The van der Waals surface area contributed by atoms with Crippen LogP contribution in [0.3, 0.4) is 0 Å². The minimum Gasteiger partial charge on any atom is -0.507 e. The van der Waals surface area contributed by atoms with Gasteiger partial charge >= 0.3 is 0 Å². The molecular weight excluding hydrogens is 484 g/mol. The molecule has 2 N–H and O–H groups in total. The number of aromatic nitrogens is 2. The Morgan fingerprint density at radius 1 is 1.06 bits per heavy atom. The molecule has 0 bridgehead atoms. The zero-order valence-electron chi connectivity index (χ0n) is 16.6. The molecule has 6 nitrogen and oxygen atoms in total. The summed E-state index contributed by atoms with van der Waals surface area (Å²) in [6.07, 6.45) is 1.45. The number of hydrogen-bond acceptors (Lipinski definition) is 8. The van der Waals surface area contributed by atoms with Crippen molar-refractivity contribution >= 4 is 69.4 Å².